The molecule has 140 valence electrons. The van der Waals surface area contributed by atoms with Gasteiger partial charge in [0.1, 0.15) is 5.76 Å². The molecule has 0 saturated heterocycles. The summed E-state index contributed by atoms with van der Waals surface area (Å²) in [5.41, 5.74) is 4.29. The number of hydrogen-bond acceptors (Lipinski definition) is 3. The van der Waals surface area contributed by atoms with Gasteiger partial charge >= 0.3 is 5.63 Å². The molecule has 3 aromatic rings. The Morgan fingerprint density at radius 3 is 2.70 bits per heavy atom. The lowest BCUT2D eigenvalue weighted by atomic mass is 9.89. The van der Waals surface area contributed by atoms with Crippen LogP contribution >= 0.6 is 0 Å². The molecule has 1 atom stereocenters. The van der Waals surface area contributed by atoms with Crippen molar-refractivity contribution >= 4 is 16.8 Å². The van der Waals surface area contributed by atoms with E-state index in [1.807, 2.05) is 11.0 Å². The summed E-state index contributed by atoms with van der Waals surface area (Å²) in [4.78, 5) is 30.5. The van der Waals surface area contributed by atoms with Crippen molar-refractivity contribution in [2.24, 2.45) is 5.92 Å². The number of para-hydroxylation sites is 1. The third kappa shape index (κ3) is 2.78. The van der Waals surface area contributed by atoms with Gasteiger partial charge in [0.15, 0.2) is 0 Å². The third-order valence-corrected chi connectivity index (χ3v) is 5.52. The number of fused-ring (bicyclic) bond motifs is 3. The number of nitrogens with one attached hydrogen (secondary N) is 1. The van der Waals surface area contributed by atoms with Gasteiger partial charge in [-0.3, -0.25) is 4.79 Å². The molecule has 3 heterocycles. The molecule has 1 aromatic carbocycles. The second-order valence-corrected chi connectivity index (χ2v) is 7.68. The van der Waals surface area contributed by atoms with Crippen molar-refractivity contribution in [3.05, 3.63) is 68.9 Å². The summed E-state index contributed by atoms with van der Waals surface area (Å²) in [6, 6.07) is 9.65. The first-order valence-electron chi connectivity index (χ1n) is 9.40. The Kier molecular flexibility index (Phi) is 4.17. The number of aromatic amines is 1. The molecule has 0 bridgehead atoms. The molecule has 5 heteroatoms. The first-order chi connectivity index (χ1) is 12.9. The summed E-state index contributed by atoms with van der Waals surface area (Å²) in [6.07, 6.45) is 0.809. The van der Waals surface area contributed by atoms with Crippen molar-refractivity contribution in [1.82, 2.24) is 9.88 Å². The molecule has 5 nitrogen and oxygen atoms in total. The molecule has 0 radical (unpaired) electrons. The smallest absolute Gasteiger partial charge is 0.336 e. The highest BCUT2D eigenvalue weighted by Crippen LogP contribution is 2.39. The van der Waals surface area contributed by atoms with Crippen LogP contribution in [0.1, 0.15) is 52.8 Å². The van der Waals surface area contributed by atoms with Gasteiger partial charge in [-0.05, 0) is 43.4 Å². The highest BCUT2D eigenvalue weighted by Gasteiger charge is 2.36. The lowest BCUT2D eigenvalue weighted by Crippen LogP contribution is -2.42. The van der Waals surface area contributed by atoms with Gasteiger partial charge in [0, 0.05) is 29.2 Å². The van der Waals surface area contributed by atoms with Crippen LogP contribution in [0, 0.1) is 19.8 Å². The van der Waals surface area contributed by atoms with Gasteiger partial charge in [-0.15, -0.1) is 0 Å². The van der Waals surface area contributed by atoms with Crippen LogP contribution in [-0.2, 0) is 6.42 Å². The second kappa shape index (κ2) is 6.41. The van der Waals surface area contributed by atoms with E-state index in [1.165, 1.54) is 17.0 Å². The minimum absolute atomic E-state index is 0.0422. The first kappa shape index (κ1) is 17.6. The number of nitrogens with zero attached hydrogens (tertiary/aromatic N) is 1. The van der Waals surface area contributed by atoms with Crippen molar-refractivity contribution < 1.29 is 9.21 Å². The van der Waals surface area contributed by atoms with Crippen LogP contribution in [0.5, 0.6) is 0 Å². The maximum atomic E-state index is 13.4. The molecular formula is C22H24N2O3. The van der Waals surface area contributed by atoms with E-state index in [0.717, 1.165) is 17.6 Å². The third-order valence-electron chi connectivity index (χ3n) is 5.52. The molecular weight excluding hydrogens is 340 g/mol. The van der Waals surface area contributed by atoms with Crippen LogP contribution in [0.2, 0.25) is 0 Å². The number of hydrogen-bond donors (Lipinski definition) is 1. The number of carbonyl (C=O) groups excluding carboxylic acids is 1. The van der Waals surface area contributed by atoms with Gasteiger partial charge in [0.05, 0.1) is 11.6 Å². The summed E-state index contributed by atoms with van der Waals surface area (Å²) in [6.45, 7) is 8.39. The predicted molar refractivity (Wildman–Crippen MR) is 105 cm³/mol. The number of aryl methyl sites for hydroxylation is 2. The van der Waals surface area contributed by atoms with Crippen molar-refractivity contribution in [2.45, 2.75) is 40.2 Å². The monoisotopic (exact) mass is 364 g/mol. The maximum absolute atomic E-state index is 13.4. The molecule has 1 aliphatic heterocycles. The van der Waals surface area contributed by atoms with Gasteiger partial charge in [0.2, 0.25) is 0 Å². The zero-order valence-electron chi connectivity index (χ0n) is 16.1. The number of carbonyl (C=O) groups is 1. The van der Waals surface area contributed by atoms with Crippen LogP contribution < -0.4 is 5.63 Å². The molecule has 0 spiro atoms. The van der Waals surface area contributed by atoms with Crippen LogP contribution in [0.3, 0.4) is 0 Å². The van der Waals surface area contributed by atoms with E-state index in [4.69, 9.17) is 4.42 Å². The van der Waals surface area contributed by atoms with E-state index in [2.05, 4.69) is 37.0 Å². The number of H-pyrrole nitrogens is 1. The first-order valence-corrected chi connectivity index (χ1v) is 9.40. The fourth-order valence-electron chi connectivity index (χ4n) is 4.41. The molecule has 4 rings (SSSR count). The molecule has 27 heavy (non-hydrogen) atoms. The van der Waals surface area contributed by atoms with Crippen LogP contribution in [-0.4, -0.2) is 22.3 Å². The molecule has 1 amide bonds. The van der Waals surface area contributed by atoms with E-state index in [0.29, 0.717) is 23.4 Å². The Bertz CT molecular complexity index is 1060. The quantitative estimate of drug-likeness (QED) is 0.743. The van der Waals surface area contributed by atoms with Crippen LogP contribution in [0.25, 0.3) is 10.9 Å². The Hall–Kier alpha value is -2.82. The molecule has 0 unspecified atom stereocenters. The zero-order chi connectivity index (χ0) is 19.3. The maximum Gasteiger partial charge on any atom is 0.336 e. The molecule has 0 fully saturated rings. The standard InChI is InChI=1S/C22H24N2O3/c1-12(2)21-20-16(15-7-5-6-8-17(15)23-20)9-10-24(21)22(26)19-13(3)11-18(25)27-14(19)4/h5-8,11-12,21,23H,9-10H2,1-4H3/t21-/m1/s1. The summed E-state index contributed by atoms with van der Waals surface area (Å²) < 4.78 is 5.20. The van der Waals surface area contributed by atoms with Gasteiger partial charge < -0.3 is 14.3 Å². The van der Waals surface area contributed by atoms with E-state index >= 15 is 0 Å². The molecule has 0 saturated carbocycles. The van der Waals surface area contributed by atoms with Crippen molar-refractivity contribution in [2.75, 3.05) is 6.54 Å². The average molecular weight is 364 g/mol. The summed E-state index contributed by atoms with van der Waals surface area (Å²) in [7, 11) is 0. The van der Waals surface area contributed by atoms with E-state index in [9.17, 15) is 9.59 Å². The number of aromatic nitrogens is 1. The fraction of sp³-hybridized carbons (Fsp3) is 0.364. The second-order valence-electron chi connectivity index (χ2n) is 7.68. The Balaban J connectivity index is 1.82. The highest BCUT2D eigenvalue weighted by atomic mass is 16.4. The molecule has 2 aromatic heterocycles. The normalized spacial score (nSPS) is 16.8. The zero-order valence-corrected chi connectivity index (χ0v) is 16.1. The van der Waals surface area contributed by atoms with E-state index < -0.39 is 5.63 Å². The van der Waals surface area contributed by atoms with Gasteiger partial charge in [-0.1, -0.05) is 32.0 Å². The summed E-state index contributed by atoms with van der Waals surface area (Å²) in [5, 5.41) is 1.24. The van der Waals surface area contributed by atoms with E-state index in [1.54, 1.807) is 13.8 Å². The Morgan fingerprint density at radius 1 is 1.26 bits per heavy atom. The lowest BCUT2D eigenvalue weighted by molar-refractivity contribution is 0.0593. The highest BCUT2D eigenvalue weighted by molar-refractivity contribution is 5.97. The van der Waals surface area contributed by atoms with Crippen molar-refractivity contribution in [3.63, 3.8) is 0 Å². The van der Waals surface area contributed by atoms with E-state index in [-0.39, 0.29) is 17.9 Å². The van der Waals surface area contributed by atoms with Gasteiger partial charge in [0.25, 0.3) is 5.91 Å². The molecule has 0 aliphatic carbocycles. The van der Waals surface area contributed by atoms with Gasteiger partial charge in [-0.25, -0.2) is 4.79 Å². The fourth-order valence-corrected chi connectivity index (χ4v) is 4.41. The predicted octanol–water partition coefficient (Wildman–Crippen LogP) is 4.13. The Labute approximate surface area is 158 Å². The largest absolute Gasteiger partial charge is 0.427 e. The van der Waals surface area contributed by atoms with Crippen LogP contribution in [0.15, 0.2) is 39.5 Å². The number of rotatable bonds is 2. The van der Waals surface area contributed by atoms with Crippen molar-refractivity contribution in [1.29, 1.82) is 0 Å². The summed E-state index contributed by atoms with van der Waals surface area (Å²) >= 11 is 0. The Morgan fingerprint density at radius 2 is 2.00 bits per heavy atom. The SMILES string of the molecule is Cc1cc(=O)oc(C)c1C(=O)N1CCc2c([nH]c3ccccc23)[C@H]1C(C)C. The summed E-state index contributed by atoms with van der Waals surface area (Å²) in [5.74, 6) is 0.559. The topological polar surface area (TPSA) is 66.3 Å². The molecule has 1 N–H and O–H groups in total. The lowest BCUT2D eigenvalue weighted by Gasteiger charge is -2.38. The average Bonchev–Trinajstić information content (AvgIpc) is 2.98. The minimum atomic E-state index is -0.418. The van der Waals surface area contributed by atoms with Gasteiger partial charge in [-0.2, -0.15) is 0 Å². The molecule has 1 aliphatic rings. The minimum Gasteiger partial charge on any atom is -0.427 e. The number of amides is 1. The number of benzene rings is 1. The van der Waals surface area contributed by atoms with Crippen LogP contribution in [0.4, 0.5) is 0 Å². The van der Waals surface area contributed by atoms with Crippen molar-refractivity contribution in [3.8, 4) is 0 Å².